The lowest BCUT2D eigenvalue weighted by Gasteiger charge is -2.33. The third-order valence-electron chi connectivity index (χ3n) is 5.50. The Labute approximate surface area is 134 Å². The van der Waals surface area contributed by atoms with E-state index in [1.807, 2.05) is 0 Å². The first-order chi connectivity index (χ1) is 10.8. The highest BCUT2D eigenvalue weighted by Gasteiger charge is 2.30. The molecule has 1 N–H and O–H groups in total. The summed E-state index contributed by atoms with van der Waals surface area (Å²) in [5.41, 5.74) is 0. The Morgan fingerprint density at radius 3 is 2.64 bits per heavy atom. The van der Waals surface area contributed by atoms with Crippen molar-refractivity contribution in [3.63, 3.8) is 0 Å². The number of likely N-dealkylation sites (tertiary alicyclic amines) is 1. The molecule has 3 saturated heterocycles. The van der Waals surface area contributed by atoms with Crippen LogP contribution in [0.4, 0.5) is 0 Å². The van der Waals surface area contributed by atoms with Gasteiger partial charge in [-0.15, -0.1) is 0 Å². The van der Waals surface area contributed by atoms with Crippen LogP contribution in [0, 0.1) is 5.92 Å². The first kappa shape index (κ1) is 16.2. The zero-order chi connectivity index (χ0) is 15.2. The number of nitrogens with zero attached hydrogens (tertiary/aromatic N) is 2. The molecule has 5 nitrogen and oxygen atoms in total. The van der Waals surface area contributed by atoms with Gasteiger partial charge in [-0.3, -0.25) is 9.69 Å². The van der Waals surface area contributed by atoms with Crippen LogP contribution in [0.25, 0.3) is 0 Å². The number of ether oxygens (including phenoxy) is 1. The van der Waals surface area contributed by atoms with E-state index < -0.39 is 0 Å². The molecule has 0 aromatic carbocycles. The first-order valence-electron chi connectivity index (χ1n) is 9.13. The smallest absolute Gasteiger partial charge is 0.222 e. The molecule has 5 heteroatoms. The van der Waals surface area contributed by atoms with Crippen molar-refractivity contribution in [1.29, 1.82) is 0 Å². The number of carbonyl (C=O) groups is 1. The fourth-order valence-corrected chi connectivity index (χ4v) is 4.08. The number of morpholine rings is 1. The van der Waals surface area contributed by atoms with E-state index >= 15 is 0 Å². The minimum Gasteiger partial charge on any atom is -0.379 e. The average molecular weight is 309 g/mol. The molecule has 22 heavy (non-hydrogen) atoms. The molecule has 1 atom stereocenters. The van der Waals surface area contributed by atoms with Crippen LogP contribution in [0.15, 0.2) is 0 Å². The van der Waals surface area contributed by atoms with Crippen molar-refractivity contribution in [2.75, 3.05) is 52.5 Å². The van der Waals surface area contributed by atoms with Gasteiger partial charge < -0.3 is 15.0 Å². The summed E-state index contributed by atoms with van der Waals surface area (Å²) in [6, 6.07) is 0.443. The number of carbonyl (C=O) groups excluding carboxylic acids is 1. The van der Waals surface area contributed by atoms with Gasteiger partial charge in [0.1, 0.15) is 0 Å². The molecule has 126 valence electrons. The molecule has 3 rings (SSSR count). The fraction of sp³-hybridized carbons (Fsp3) is 0.941. The quantitative estimate of drug-likeness (QED) is 0.826. The molecule has 3 aliphatic heterocycles. The van der Waals surface area contributed by atoms with Crippen molar-refractivity contribution in [3.05, 3.63) is 0 Å². The van der Waals surface area contributed by atoms with Gasteiger partial charge in [-0.2, -0.15) is 0 Å². The maximum atomic E-state index is 12.6. The van der Waals surface area contributed by atoms with Gasteiger partial charge >= 0.3 is 0 Å². The Bertz CT molecular complexity index is 352. The van der Waals surface area contributed by atoms with Crippen LogP contribution in [0.5, 0.6) is 0 Å². The highest BCUT2D eigenvalue weighted by molar-refractivity contribution is 5.76. The monoisotopic (exact) mass is 309 g/mol. The van der Waals surface area contributed by atoms with E-state index in [1.165, 1.54) is 25.7 Å². The van der Waals surface area contributed by atoms with Gasteiger partial charge in [0.25, 0.3) is 0 Å². The molecule has 1 amide bonds. The van der Waals surface area contributed by atoms with Crippen molar-refractivity contribution >= 4 is 5.91 Å². The second-order valence-electron chi connectivity index (χ2n) is 7.03. The van der Waals surface area contributed by atoms with Crippen LogP contribution in [0.3, 0.4) is 0 Å². The van der Waals surface area contributed by atoms with Crippen molar-refractivity contribution < 1.29 is 9.53 Å². The summed E-state index contributed by atoms with van der Waals surface area (Å²) < 4.78 is 5.42. The van der Waals surface area contributed by atoms with Crippen molar-refractivity contribution in [3.8, 4) is 0 Å². The van der Waals surface area contributed by atoms with Gasteiger partial charge in [0.2, 0.25) is 5.91 Å². The predicted octanol–water partition coefficient (Wildman–Crippen LogP) is 1.09. The zero-order valence-corrected chi connectivity index (χ0v) is 13.8. The molecule has 3 aliphatic rings. The van der Waals surface area contributed by atoms with E-state index in [0.29, 0.717) is 11.9 Å². The zero-order valence-electron chi connectivity index (χ0n) is 13.8. The maximum absolute atomic E-state index is 12.6. The van der Waals surface area contributed by atoms with Crippen molar-refractivity contribution in [2.24, 2.45) is 5.92 Å². The van der Waals surface area contributed by atoms with E-state index in [9.17, 15) is 4.79 Å². The van der Waals surface area contributed by atoms with Crippen LogP contribution in [0.2, 0.25) is 0 Å². The largest absolute Gasteiger partial charge is 0.379 e. The molecular weight excluding hydrogens is 278 g/mol. The summed E-state index contributed by atoms with van der Waals surface area (Å²) in [6.07, 6.45) is 6.67. The highest BCUT2D eigenvalue weighted by Crippen LogP contribution is 2.23. The third kappa shape index (κ3) is 4.43. The van der Waals surface area contributed by atoms with Gasteiger partial charge in [-0.05, 0) is 51.1 Å². The molecule has 1 unspecified atom stereocenters. The molecule has 0 aromatic heterocycles. The van der Waals surface area contributed by atoms with Crippen molar-refractivity contribution in [2.45, 2.75) is 44.6 Å². The summed E-state index contributed by atoms with van der Waals surface area (Å²) in [4.78, 5) is 17.2. The summed E-state index contributed by atoms with van der Waals surface area (Å²) in [6.45, 7) is 8.00. The number of nitrogens with one attached hydrogen (secondary N) is 1. The first-order valence-corrected chi connectivity index (χ1v) is 9.13. The van der Waals surface area contributed by atoms with Crippen LogP contribution >= 0.6 is 0 Å². The summed E-state index contributed by atoms with van der Waals surface area (Å²) in [5.74, 6) is 1.15. The standard InChI is InChI=1S/C17H31N3O2/c21-17(4-3-15-5-7-18-8-6-15)20-9-1-2-16(20)14-19-10-12-22-13-11-19/h15-16,18H,1-14H2. The Balaban J connectivity index is 1.43. The lowest BCUT2D eigenvalue weighted by Crippen LogP contribution is -2.46. The Morgan fingerprint density at radius 1 is 1.09 bits per heavy atom. The lowest BCUT2D eigenvalue weighted by molar-refractivity contribution is -0.132. The van der Waals surface area contributed by atoms with Crippen LogP contribution < -0.4 is 5.32 Å². The minimum atomic E-state index is 0.397. The second kappa shape index (κ2) is 8.27. The van der Waals surface area contributed by atoms with E-state index in [4.69, 9.17) is 4.74 Å². The third-order valence-corrected chi connectivity index (χ3v) is 5.50. The lowest BCUT2D eigenvalue weighted by atomic mass is 9.93. The number of hydrogen-bond acceptors (Lipinski definition) is 4. The summed E-state index contributed by atoms with van der Waals surface area (Å²) in [5, 5.41) is 3.40. The normalized spacial score (nSPS) is 28.2. The molecule has 0 spiro atoms. The highest BCUT2D eigenvalue weighted by atomic mass is 16.5. The van der Waals surface area contributed by atoms with Crippen molar-refractivity contribution in [1.82, 2.24) is 15.1 Å². The maximum Gasteiger partial charge on any atom is 0.222 e. The molecule has 3 heterocycles. The van der Waals surface area contributed by atoms with Gasteiger partial charge in [-0.25, -0.2) is 0 Å². The van der Waals surface area contributed by atoms with Gasteiger partial charge in [0.15, 0.2) is 0 Å². The topological polar surface area (TPSA) is 44.8 Å². The van der Waals surface area contributed by atoms with Crippen LogP contribution in [-0.2, 0) is 9.53 Å². The SMILES string of the molecule is O=C(CCC1CCNCC1)N1CCCC1CN1CCOCC1. The minimum absolute atomic E-state index is 0.397. The van der Waals surface area contributed by atoms with E-state index in [-0.39, 0.29) is 0 Å². The number of rotatable bonds is 5. The summed E-state index contributed by atoms with van der Waals surface area (Å²) in [7, 11) is 0. The van der Waals surface area contributed by atoms with E-state index in [0.717, 1.165) is 71.2 Å². The van der Waals surface area contributed by atoms with Gasteiger partial charge in [-0.1, -0.05) is 0 Å². The number of amides is 1. The molecule has 0 radical (unpaired) electrons. The molecule has 0 bridgehead atoms. The predicted molar refractivity (Wildman–Crippen MR) is 86.8 cm³/mol. The van der Waals surface area contributed by atoms with Gasteiger partial charge in [0, 0.05) is 38.6 Å². The molecule has 0 aliphatic carbocycles. The average Bonchev–Trinajstić information content (AvgIpc) is 3.03. The Kier molecular flexibility index (Phi) is 6.10. The Hall–Kier alpha value is -0.650. The van der Waals surface area contributed by atoms with Crippen LogP contribution in [-0.4, -0.2) is 74.2 Å². The second-order valence-corrected chi connectivity index (χ2v) is 7.03. The summed E-state index contributed by atoms with van der Waals surface area (Å²) >= 11 is 0. The molecule has 0 aromatic rings. The molecular formula is C17H31N3O2. The van der Waals surface area contributed by atoms with E-state index in [1.54, 1.807) is 0 Å². The van der Waals surface area contributed by atoms with Crippen LogP contribution in [0.1, 0.15) is 38.5 Å². The number of hydrogen-bond donors (Lipinski definition) is 1. The number of piperidine rings is 1. The van der Waals surface area contributed by atoms with E-state index in [2.05, 4.69) is 15.1 Å². The fourth-order valence-electron chi connectivity index (χ4n) is 4.08. The van der Waals surface area contributed by atoms with Gasteiger partial charge in [0.05, 0.1) is 13.2 Å². The Morgan fingerprint density at radius 2 is 1.86 bits per heavy atom. The molecule has 0 saturated carbocycles. The molecule has 3 fully saturated rings.